The summed E-state index contributed by atoms with van der Waals surface area (Å²) in [5.41, 5.74) is 11.3. The first-order chi connectivity index (χ1) is 16.1. The Labute approximate surface area is 191 Å². The van der Waals surface area contributed by atoms with E-state index in [0.29, 0.717) is 33.6 Å². The number of ketones is 1. The number of nitrogen functional groups attached to an aromatic ring is 1. The molecule has 33 heavy (non-hydrogen) atoms. The molecule has 1 amide bonds. The number of amides is 1. The number of carbonyl (C=O) groups is 2. The predicted octanol–water partition coefficient (Wildman–Crippen LogP) is 3.74. The van der Waals surface area contributed by atoms with Crippen LogP contribution in [0.3, 0.4) is 0 Å². The van der Waals surface area contributed by atoms with Crippen LogP contribution in [0.5, 0.6) is 0 Å². The molecular weight excluding hydrogens is 416 g/mol. The summed E-state index contributed by atoms with van der Waals surface area (Å²) in [5.74, 6) is -0.331. The summed E-state index contributed by atoms with van der Waals surface area (Å²) >= 11 is 0. The van der Waals surface area contributed by atoms with Gasteiger partial charge in [0.25, 0.3) is 5.91 Å². The molecule has 166 valence electrons. The summed E-state index contributed by atoms with van der Waals surface area (Å²) in [4.78, 5) is 27.7. The molecule has 0 aromatic heterocycles. The molecule has 0 atom stereocenters. The Morgan fingerprint density at radius 1 is 0.970 bits per heavy atom. The molecule has 0 bridgehead atoms. The quantitative estimate of drug-likeness (QED) is 0.318. The number of morpholine rings is 1. The maximum Gasteiger partial charge on any atom is 0.257 e. The van der Waals surface area contributed by atoms with Gasteiger partial charge in [-0.25, -0.2) is 0 Å². The minimum absolute atomic E-state index is 0.122. The van der Waals surface area contributed by atoms with Crippen molar-refractivity contribution in [2.45, 2.75) is 0 Å². The maximum absolute atomic E-state index is 12.9. The fourth-order valence-corrected chi connectivity index (χ4v) is 4.02. The predicted molar refractivity (Wildman–Crippen MR) is 130 cm³/mol. The molecule has 7 heteroatoms. The van der Waals surface area contributed by atoms with Crippen molar-refractivity contribution >= 4 is 40.0 Å². The highest BCUT2D eigenvalue weighted by molar-refractivity contribution is 6.32. The molecule has 0 radical (unpaired) electrons. The van der Waals surface area contributed by atoms with Crippen molar-refractivity contribution in [1.29, 1.82) is 0 Å². The lowest BCUT2D eigenvalue weighted by atomic mass is 9.98. The zero-order valence-electron chi connectivity index (χ0n) is 18.0. The lowest BCUT2D eigenvalue weighted by Gasteiger charge is -2.28. The van der Waals surface area contributed by atoms with Gasteiger partial charge in [-0.2, -0.15) is 0 Å². The van der Waals surface area contributed by atoms with E-state index in [1.807, 2.05) is 12.1 Å². The van der Waals surface area contributed by atoms with Crippen LogP contribution in [0.2, 0.25) is 0 Å². The molecular formula is C26H24N4O3. The molecule has 0 saturated carbocycles. The fourth-order valence-electron chi connectivity index (χ4n) is 4.02. The largest absolute Gasteiger partial charge is 0.399 e. The van der Waals surface area contributed by atoms with Crippen LogP contribution in [0.15, 0.2) is 72.9 Å². The Morgan fingerprint density at radius 2 is 1.67 bits per heavy atom. The molecule has 0 aliphatic carbocycles. The molecule has 2 aliphatic rings. The lowest BCUT2D eigenvalue weighted by molar-refractivity contribution is -0.110. The van der Waals surface area contributed by atoms with E-state index in [-0.39, 0.29) is 11.7 Å². The van der Waals surface area contributed by atoms with E-state index in [1.165, 1.54) is 0 Å². The number of hydrogen-bond acceptors (Lipinski definition) is 6. The molecule has 1 saturated heterocycles. The third-order valence-electron chi connectivity index (χ3n) is 5.86. The van der Waals surface area contributed by atoms with Gasteiger partial charge in [0.2, 0.25) is 0 Å². The Hall–Kier alpha value is -4.10. The van der Waals surface area contributed by atoms with Gasteiger partial charge in [-0.15, -0.1) is 0 Å². The highest BCUT2D eigenvalue weighted by atomic mass is 16.5. The molecule has 0 spiro atoms. The van der Waals surface area contributed by atoms with Gasteiger partial charge in [-0.05, 0) is 66.7 Å². The van der Waals surface area contributed by atoms with Gasteiger partial charge in [-0.1, -0.05) is 0 Å². The second-order valence-corrected chi connectivity index (χ2v) is 8.01. The molecule has 3 aromatic rings. The number of carbonyl (C=O) groups excluding carboxylic acids is 2. The first-order valence-electron chi connectivity index (χ1n) is 10.8. The normalized spacial score (nSPS) is 16.4. The Bertz CT molecular complexity index is 1230. The number of rotatable bonds is 5. The molecule has 2 aliphatic heterocycles. The van der Waals surface area contributed by atoms with Crippen molar-refractivity contribution in [3.63, 3.8) is 0 Å². The second kappa shape index (κ2) is 8.80. The smallest absolute Gasteiger partial charge is 0.257 e. The summed E-state index contributed by atoms with van der Waals surface area (Å²) in [5, 5.41) is 6.07. The number of nitrogens with two attached hydrogens (primary N) is 1. The lowest BCUT2D eigenvalue weighted by Crippen LogP contribution is -2.36. The minimum atomic E-state index is -0.209. The number of anilines is 4. The molecule has 2 heterocycles. The second-order valence-electron chi connectivity index (χ2n) is 8.01. The van der Waals surface area contributed by atoms with E-state index in [9.17, 15) is 9.59 Å². The van der Waals surface area contributed by atoms with E-state index in [4.69, 9.17) is 10.5 Å². The Balaban J connectivity index is 1.35. The van der Waals surface area contributed by atoms with Gasteiger partial charge < -0.3 is 26.0 Å². The van der Waals surface area contributed by atoms with Crippen LogP contribution in [-0.2, 0) is 9.53 Å². The molecule has 4 N–H and O–H groups in total. The topological polar surface area (TPSA) is 96.7 Å². The van der Waals surface area contributed by atoms with Crippen LogP contribution < -0.4 is 21.3 Å². The summed E-state index contributed by atoms with van der Waals surface area (Å²) < 4.78 is 5.41. The van der Waals surface area contributed by atoms with Crippen molar-refractivity contribution in [2.24, 2.45) is 0 Å². The molecule has 3 aromatic carbocycles. The zero-order chi connectivity index (χ0) is 22.8. The summed E-state index contributed by atoms with van der Waals surface area (Å²) in [6, 6.07) is 20.1. The third kappa shape index (κ3) is 4.31. The van der Waals surface area contributed by atoms with Gasteiger partial charge in [0.15, 0.2) is 5.78 Å². The highest BCUT2D eigenvalue weighted by Gasteiger charge is 2.25. The zero-order valence-corrected chi connectivity index (χ0v) is 18.0. The Morgan fingerprint density at radius 3 is 2.39 bits per heavy atom. The average Bonchev–Trinajstić information content (AvgIpc) is 3.17. The van der Waals surface area contributed by atoms with Gasteiger partial charge in [0.05, 0.1) is 18.8 Å². The first-order valence-corrected chi connectivity index (χ1v) is 10.8. The van der Waals surface area contributed by atoms with E-state index >= 15 is 0 Å². The summed E-state index contributed by atoms with van der Waals surface area (Å²) in [7, 11) is 0. The van der Waals surface area contributed by atoms with Crippen LogP contribution in [0.4, 0.5) is 22.7 Å². The van der Waals surface area contributed by atoms with Crippen LogP contribution in [0, 0.1) is 0 Å². The first kappa shape index (κ1) is 20.8. The number of nitrogens with zero attached hydrogens (tertiary/aromatic N) is 1. The molecule has 7 nitrogen and oxygen atoms in total. The Kier molecular flexibility index (Phi) is 5.54. The standard InChI is InChI=1S/C26H24N4O3/c27-19-4-1-17(2-5-19)25(31)18-3-10-24-22(15-18)23(26(32)29-24)16-28-20-6-8-21(9-7-20)30-11-13-33-14-12-30/h1-10,15-16,28H,11-14,27H2,(H,29,32). The van der Waals surface area contributed by atoms with E-state index in [0.717, 1.165) is 37.7 Å². The SMILES string of the molecule is Nc1ccc(C(=O)c2ccc3c(c2)C(=CNc2ccc(N4CCOCC4)cc2)C(=O)N3)cc1. The third-order valence-corrected chi connectivity index (χ3v) is 5.86. The number of benzene rings is 3. The van der Waals surface area contributed by atoms with Gasteiger partial charge >= 0.3 is 0 Å². The molecule has 5 rings (SSSR count). The fraction of sp³-hybridized carbons (Fsp3) is 0.154. The van der Waals surface area contributed by atoms with Gasteiger partial charge in [0, 0.05) is 58.7 Å². The molecule has 0 unspecified atom stereocenters. The van der Waals surface area contributed by atoms with Crippen molar-refractivity contribution in [3.05, 3.63) is 89.6 Å². The summed E-state index contributed by atoms with van der Waals surface area (Å²) in [6.07, 6.45) is 1.68. The van der Waals surface area contributed by atoms with E-state index in [1.54, 1.807) is 48.7 Å². The number of ether oxygens (including phenoxy) is 1. The number of nitrogens with one attached hydrogen (secondary N) is 2. The van der Waals surface area contributed by atoms with E-state index < -0.39 is 0 Å². The van der Waals surface area contributed by atoms with Crippen molar-refractivity contribution in [2.75, 3.05) is 47.6 Å². The summed E-state index contributed by atoms with van der Waals surface area (Å²) in [6.45, 7) is 3.24. The monoisotopic (exact) mass is 440 g/mol. The highest BCUT2D eigenvalue weighted by Crippen LogP contribution is 2.33. The minimum Gasteiger partial charge on any atom is -0.399 e. The van der Waals surface area contributed by atoms with Crippen molar-refractivity contribution < 1.29 is 14.3 Å². The van der Waals surface area contributed by atoms with Crippen LogP contribution in [0.1, 0.15) is 21.5 Å². The van der Waals surface area contributed by atoms with Crippen molar-refractivity contribution in [1.82, 2.24) is 0 Å². The van der Waals surface area contributed by atoms with Crippen LogP contribution >= 0.6 is 0 Å². The van der Waals surface area contributed by atoms with E-state index in [2.05, 4.69) is 27.7 Å². The molecule has 1 fully saturated rings. The van der Waals surface area contributed by atoms with Crippen LogP contribution in [-0.4, -0.2) is 38.0 Å². The van der Waals surface area contributed by atoms with Crippen LogP contribution in [0.25, 0.3) is 5.57 Å². The van der Waals surface area contributed by atoms with Crippen molar-refractivity contribution in [3.8, 4) is 0 Å². The number of hydrogen-bond donors (Lipinski definition) is 3. The average molecular weight is 441 g/mol. The van der Waals surface area contributed by atoms with Gasteiger partial charge in [-0.3, -0.25) is 9.59 Å². The van der Waals surface area contributed by atoms with Gasteiger partial charge in [0.1, 0.15) is 0 Å². The maximum atomic E-state index is 12.9. The number of fused-ring (bicyclic) bond motifs is 1.